The van der Waals surface area contributed by atoms with E-state index < -0.39 is 40.2 Å². The third-order valence-corrected chi connectivity index (χ3v) is 7.46. The first-order valence-electron chi connectivity index (χ1n) is 12.1. The van der Waals surface area contributed by atoms with Crippen molar-refractivity contribution in [2.75, 3.05) is 17.1 Å². The van der Waals surface area contributed by atoms with E-state index in [9.17, 15) is 22.4 Å². The van der Waals surface area contributed by atoms with Gasteiger partial charge in [-0.1, -0.05) is 64.5 Å². The van der Waals surface area contributed by atoms with Crippen LogP contribution in [0.4, 0.5) is 10.1 Å². The molecule has 3 aromatic carbocycles. The zero-order chi connectivity index (χ0) is 27.9. The molecule has 7 nitrogen and oxygen atoms in total. The Morgan fingerprint density at radius 1 is 0.947 bits per heavy atom. The Morgan fingerprint density at radius 3 is 2.13 bits per heavy atom. The summed E-state index contributed by atoms with van der Waals surface area (Å²) in [6.45, 7) is 2.83. The highest BCUT2D eigenvalue weighted by Gasteiger charge is 2.33. The van der Waals surface area contributed by atoms with Crippen LogP contribution in [0.2, 0.25) is 0 Å². The van der Waals surface area contributed by atoms with Crippen LogP contribution < -0.4 is 9.62 Å². The predicted octanol–water partition coefficient (Wildman–Crippen LogP) is 4.52. The average Bonchev–Trinajstić information content (AvgIpc) is 2.85. The topological polar surface area (TPSA) is 86.8 Å². The monoisotopic (exact) mass is 603 g/mol. The molecule has 1 atom stereocenters. The zero-order valence-corrected chi connectivity index (χ0v) is 23.9. The van der Waals surface area contributed by atoms with Gasteiger partial charge in [0.05, 0.1) is 11.9 Å². The molecule has 3 aromatic rings. The summed E-state index contributed by atoms with van der Waals surface area (Å²) in [7, 11) is -3.87. The minimum absolute atomic E-state index is 0.163. The van der Waals surface area contributed by atoms with E-state index in [1.807, 2.05) is 30.3 Å². The molecule has 3 rings (SSSR count). The number of hydrogen-bond donors (Lipinski definition) is 1. The molecule has 0 fully saturated rings. The fourth-order valence-electron chi connectivity index (χ4n) is 3.97. The molecular weight excluding hydrogens is 573 g/mol. The van der Waals surface area contributed by atoms with Gasteiger partial charge in [-0.3, -0.25) is 13.9 Å². The van der Waals surface area contributed by atoms with Crippen molar-refractivity contribution in [1.29, 1.82) is 0 Å². The number of benzene rings is 3. The first-order chi connectivity index (χ1) is 18.0. The minimum Gasteiger partial charge on any atom is -0.352 e. The predicted molar refractivity (Wildman–Crippen MR) is 150 cm³/mol. The number of sulfonamides is 1. The van der Waals surface area contributed by atoms with Crippen LogP contribution in [0.5, 0.6) is 0 Å². The summed E-state index contributed by atoms with van der Waals surface area (Å²) in [5.74, 6) is -1.58. The smallest absolute Gasteiger partial charge is 0.244 e. The quantitative estimate of drug-likeness (QED) is 0.349. The Kier molecular flexibility index (Phi) is 10.0. The van der Waals surface area contributed by atoms with Gasteiger partial charge in [-0.15, -0.1) is 0 Å². The van der Waals surface area contributed by atoms with Crippen LogP contribution in [-0.4, -0.2) is 50.0 Å². The highest BCUT2D eigenvalue weighted by Crippen LogP contribution is 2.23. The maximum Gasteiger partial charge on any atom is 0.244 e. The van der Waals surface area contributed by atoms with E-state index in [1.54, 1.807) is 50.2 Å². The van der Waals surface area contributed by atoms with Crippen LogP contribution in [0.25, 0.3) is 0 Å². The summed E-state index contributed by atoms with van der Waals surface area (Å²) in [4.78, 5) is 28.6. The van der Waals surface area contributed by atoms with Gasteiger partial charge in [0.25, 0.3) is 0 Å². The summed E-state index contributed by atoms with van der Waals surface area (Å²) in [5, 5.41) is 2.86. The lowest BCUT2D eigenvalue weighted by Crippen LogP contribution is -2.54. The number of anilines is 1. The van der Waals surface area contributed by atoms with Crippen LogP contribution in [0.1, 0.15) is 25.0 Å². The molecule has 0 aliphatic rings. The van der Waals surface area contributed by atoms with E-state index in [0.29, 0.717) is 5.69 Å². The molecule has 0 aliphatic heterocycles. The van der Waals surface area contributed by atoms with E-state index in [4.69, 9.17) is 0 Å². The fourth-order valence-corrected chi connectivity index (χ4v) is 5.08. The molecule has 38 heavy (non-hydrogen) atoms. The molecule has 0 spiro atoms. The Hall–Kier alpha value is -3.24. The van der Waals surface area contributed by atoms with E-state index in [2.05, 4.69) is 21.2 Å². The van der Waals surface area contributed by atoms with Crippen molar-refractivity contribution < 1.29 is 22.4 Å². The lowest BCUT2D eigenvalue weighted by atomic mass is 10.0. The van der Waals surface area contributed by atoms with Crippen LogP contribution >= 0.6 is 15.9 Å². The molecule has 0 bridgehead atoms. The molecule has 0 aliphatic carbocycles. The Labute approximate surface area is 231 Å². The summed E-state index contributed by atoms with van der Waals surface area (Å²) in [5.41, 5.74) is 1.31. The van der Waals surface area contributed by atoms with Crippen molar-refractivity contribution in [3.05, 3.63) is 100 Å². The van der Waals surface area contributed by atoms with Crippen LogP contribution in [0.15, 0.2) is 83.3 Å². The van der Waals surface area contributed by atoms with Crippen LogP contribution in [-0.2, 0) is 32.6 Å². The summed E-state index contributed by atoms with van der Waals surface area (Å²) < 4.78 is 41.9. The molecule has 0 heterocycles. The third kappa shape index (κ3) is 8.13. The van der Waals surface area contributed by atoms with Gasteiger partial charge in [-0.25, -0.2) is 12.8 Å². The molecule has 0 aromatic heterocycles. The Bertz CT molecular complexity index is 1350. The second-order valence-electron chi connectivity index (χ2n) is 9.23. The molecule has 0 saturated heterocycles. The summed E-state index contributed by atoms with van der Waals surface area (Å²) in [6.07, 6.45) is 1.17. The average molecular weight is 605 g/mol. The number of carbonyl (C=O) groups is 2. The van der Waals surface area contributed by atoms with Gasteiger partial charge in [-0.2, -0.15) is 0 Å². The number of nitrogens with zero attached hydrogens (tertiary/aromatic N) is 2. The number of amides is 2. The number of rotatable bonds is 11. The van der Waals surface area contributed by atoms with Crippen molar-refractivity contribution in [2.24, 2.45) is 0 Å². The molecule has 10 heteroatoms. The molecule has 1 N–H and O–H groups in total. The number of halogens is 2. The molecule has 0 unspecified atom stereocenters. The second-order valence-corrected chi connectivity index (χ2v) is 12.1. The first-order valence-corrected chi connectivity index (χ1v) is 14.7. The van der Waals surface area contributed by atoms with Gasteiger partial charge in [0.15, 0.2) is 0 Å². The Balaban J connectivity index is 2.06. The highest BCUT2D eigenvalue weighted by atomic mass is 79.9. The maximum atomic E-state index is 14.7. The Morgan fingerprint density at radius 2 is 1.55 bits per heavy atom. The SMILES string of the molecule is CC(C)NC(=O)[C@@H](Cc1ccccc1)N(Cc1ccccc1F)C(=O)CN(c1ccc(Br)cc1)S(C)(=O)=O. The van der Waals surface area contributed by atoms with E-state index in [1.165, 1.54) is 17.0 Å². The van der Waals surface area contributed by atoms with Crippen molar-refractivity contribution in [2.45, 2.75) is 38.9 Å². The lowest BCUT2D eigenvalue weighted by molar-refractivity contribution is -0.140. The normalized spacial score (nSPS) is 12.2. The minimum atomic E-state index is -3.87. The van der Waals surface area contributed by atoms with Crippen molar-refractivity contribution >= 4 is 43.5 Å². The number of nitrogens with one attached hydrogen (secondary N) is 1. The van der Waals surface area contributed by atoms with Gasteiger partial charge in [-0.05, 0) is 49.7 Å². The standard InChI is InChI=1S/C28H31BrFN3O4S/c1-20(2)31-28(35)26(17-21-9-5-4-6-10-21)32(18-22-11-7-8-12-25(22)30)27(34)19-33(38(3,36)37)24-15-13-23(29)14-16-24/h4-16,20,26H,17-19H2,1-3H3,(H,31,35)/t26-/m1/s1. The summed E-state index contributed by atoms with van der Waals surface area (Å²) in [6, 6.07) is 20.5. The van der Waals surface area contributed by atoms with Crippen molar-refractivity contribution in [3.63, 3.8) is 0 Å². The van der Waals surface area contributed by atoms with E-state index in [-0.39, 0.29) is 24.6 Å². The van der Waals surface area contributed by atoms with Crippen molar-refractivity contribution in [1.82, 2.24) is 10.2 Å². The highest BCUT2D eigenvalue weighted by molar-refractivity contribution is 9.10. The van der Waals surface area contributed by atoms with Crippen LogP contribution in [0, 0.1) is 5.82 Å². The van der Waals surface area contributed by atoms with E-state index in [0.717, 1.165) is 20.6 Å². The molecular formula is C28H31BrFN3O4S. The zero-order valence-electron chi connectivity index (χ0n) is 21.5. The maximum absolute atomic E-state index is 14.7. The van der Waals surface area contributed by atoms with E-state index >= 15 is 0 Å². The first kappa shape index (κ1) is 29.3. The van der Waals surface area contributed by atoms with Gasteiger partial charge in [0, 0.05) is 29.0 Å². The fraction of sp³-hybridized carbons (Fsp3) is 0.286. The third-order valence-electron chi connectivity index (χ3n) is 5.79. The molecule has 202 valence electrons. The summed E-state index contributed by atoms with van der Waals surface area (Å²) >= 11 is 3.33. The molecule has 2 amide bonds. The molecule has 0 saturated carbocycles. The van der Waals surface area contributed by atoms with Crippen LogP contribution in [0.3, 0.4) is 0 Å². The van der Waals surface area contributed by atoms with Gasteiger partial charge >= 0.3 is 0 Å². The lowest BCUT2D eigenvalue weighted by Gasteiger charge is -2.34. The number of carbonyl (C=O) groups excluding carboxylic acids is 2. The van der Waals surface area contributed by atoms with Gasteiger partial charge < -0.3 is 10.2 Å². The number of hydrogen-bond acceptors (Lipinski definition) is 4. The van der Waals surface area contributed by atoms with Gasteiger partial charge in [0.2, 0.25) is 21.8 Å². The second kappa shape index (κ2) is 13.0. The molecule has 0 radical (unpaired) electrons. The van der Waals surface area contributed by atoms with Gasteiger partial charge in [0.1, 0.15) is 18.4 Å². The largest absolute Gasteiger partial charge is 0.352 e. The van der Waals surface area contributed by atoms with Crippen molar-refractivity contribution in [3.8, 4) is 0 Å².